The molecule has 2 atom stereocenters. The van der Waals surface area contributed by atoms with Crippen LogP contribution in [-0.4, -0.2) is 42.1 Å². The molecule has 0 bridgehead atoms. The van der Waals surface area contributed by atoms with Gasteiger partial charge in [-0.3, -0.25) is 4.79 Å². The van der Waals surface area contributed by atoms with Crippen LogP contribution in [0.15, 0.2) is 6.07 Å². The Bertz CT molecular complexity index is 520. The van der Waals surface area contributed by atoms with Gasteiger partial charge >= 0.3 is 0 Å². The van der Waals surface area contributed by atoms with Crippen molar-refractivity contribution in [3.63, 3.8) is 0 Å². The van der Waals surface area contributed by atoms with Gasteiger partial charge in [-0.25, -0.2) is 9.97 Å². The average Bonchev–Trinajstić information content (AvgIpc) is 2.80. The molecule has 6 heteroatoms. The first-order chi connectivity index (χ1) is 9.69. The summed E-state index contributed by atoms with van der Waals surface area (Å²) < 4.78 is 5.12. The molecular weight excluding hydrogens is 256 g/mol. The SMILES string of the molecule is COCc1nc(C)cc(N2CCC[C@H]3C(=O)NC[C@H]32)n1. The highest BCUT2D eigenvalue weighted by molar-refractivity contribution is 5.83. The average molecular weight is 276 g/mol. The molecule has 1 aromatic rings. The lowest BCUT2D eigenvalue weighted by molar-refractivity contribution is -0.122. The minimum Gasteiger partial charge on any atom is -0.377 e. The van der Waals surface area contributed by atoms with Crippen LogP contribution in [0.4, 0.5) is 5.82 Å². The summed E-state index contributed by atoms with van der Waals surface area (Å²) in [6, 6.07) is 2.21. The van der Waals surface area contributed by atoms with E-state index in [1.54, 1.807) is 7.11 Å². The third-order valence-electron chi connectivity index (χ3n) is 4.06. The minimum absolute atomic E-state index is 0.102. The Kier molecular flexibility index (Phi) is 3.56. The molecule has 0 spiro atoms. The fourth-order valence-electron chi connectivity index (χ4n) is 3.19. The number of aryl methyl sites for hydroxylation is 1. The number of piperidine rings is 1. The van der Waals surface area contributed by atoms with Crippen LogP contribution in [0.2, 0.25) is 0 Å². The molecule has 6 nitrogen and oxygen atoms in total. The number of ether oxygens (including phenoxy) is 1. The van der Waals surface area contributed by atoms with Gasteiger partial charge in [0.25, 0.3) is 0 Å². The van der Waals surface area contributed by atoms with Crippen LogP contribution in [0.3, 0.4) is 0 Å². The quantitative estimate of drug-likeness (QED) is 0.878. The van der Waals surface area contributed by atoms with Gasteiger partial charge in [-0.2, -0.15) is 0 Å². The van der Waals surface area contributed by atoms with Crippen molar-refractivity contribution >= 4 is 11.7 Å². The smallest absolute Gasteiger partial charge is 0.225 e. The zero-order chi connectivity index (χ0) is 14.1. The molecule has 108 valence electrons. The molecular formula is C14H20N4O2. The summed E-state index contributed by atoms with van der Waals surface area (Å²) in [5.41, 5.74) is 0.932. The van der Waals surface area contributed by atoms with Crippen molar-refractivity contribution in [1.29, 1.82) is 0 Å². The van der Waals surface area contributed by atoms with Crippen LogP contribution in [0.25, 0.3) is 0 Å². The van der Waals surface area contributed by atoms with Crippen molar-refractivity contribution in [3.05, 3.63) is 17.6 Å². The van der Waals surface area contributed by atoms with Crippen LogP contribution in [-0.2, 0) is 16.1 Å². The molecule has 0 radical (unpaired) electrons. The summed E-state index contributed by atoms with van der Waals surface area (Å²) >= 11 is 0. The minimum atomic E-state index is 0.102. The van der Waals surface area contributed by atoms with Crippen LogP contribution in [0, 0.1) is 12.8 Å². The first-order valence-corrected chi connectivity index (χ1v) is 7.07. The molecule has 1 N–H and O–H groups in total. The number of carbonyl (C=O) groups is 1. The van der Waals surface area contributed by atoms with E-state index < -0.39 is 0 Å². The largest absolute Gasteiger partial charge is 0.377 e. The third-order valence-corrected chi connectivity index (χ3v) is 4.06. The molecule has 1 amide bonds. The lowest BCUT2D eigenvalue weighted by atomic mass is 9.91. The topological polar surface area (TPSA) is 67.3 Å². The Morgan fingerprint density at radius 1 is 1.50 bits per heavy atom. The molecule has 3 rings (SSSR count). The molecule has 2 aliphatic rings. The molecule has 2 saturated heterocycles. The summed E-state index contributed by atoms with van der Waals surface area (Å²) in [6.45, 7) is 4.03. The van der Waals surface area contributed by atoms with E-state index in [1.807, 2.05) is 13.0 Å². The Labute approximate surface area is 118 Å². The summed E-state index contributed by atoms with van der Waals surface area (Å²) in [7, 11) is 1.64. The lowest BCUT2D eigenvalue weighted by Crippen LogP contribution is -2.46. The number of aromatic nitrogens is 2. The molecule has 20 heavy (non-hydrogen) atoms. The zero-order valence-corrected chi connectivity index (χ0v) is 11.9. The molecule has 3 heterocycles. The van der Waals surface area contributed by atoms with Crippen LogP contribution < -0.4 is 10.2 Å². The van der Waals surface area contributed by atoms with E-state index in [4.69, 9.17) is 4.74 Å². The van der Waals surface area contributed by atoms with E-state index in [2.05, 4.69) is 20.2 Å². The normalized spacial score (nSPS) is 25.5. The van der Waals surface area contributed by atoms with Gasteiger partial charge in [-0.15, -0.1) is 0 Å². The van der Waals surface area contributed by atoms with Crippen molar-refractivity contribution in [2.45, 2.75) is 32.4 Å². The second-order valence-electron chi connectivity index (χ2n) is 5.47. The van der Waals surface area contributed by atoms with Gasteiger partial charge in [-0.1, -0.05) is 0 Å². The number of fused-ring (bicyclic) bond motifs is 1. The number of nitrogens with zero attached hydrogens (tertiary/aromatic N) is 3. The fourth-order valence-corrected chi connectivity index (χ4v) is 3.19. The lowest BCUT2D eigenvalue weighted by Gasteiger charge is -2.37. The maximum Gasteiger partial charge on any atom is 0.225 e. The predicted molar refractivity (Wildman–Crippen MR) is 74.3 cm³/mol. The Balaban J connectivity index is 1.89. The summed E-state index contributed by atoms with van der Waals surface area (Å²) in [4.78, 5) is 23.0. The van der Waals surface area contributed by atoms with E-state index in [0.717, 1.165) is 30.9 Å². The molecule has 0 saturated carbocycles. The maximum absolute atomic E-state index is 11.8. The van der Waals surface area contributed by atoms with Crippen LogP contribution in [0.1, 0.15) is 24.4 Å². The van der Waals surface area contributed by atoms with E-state index in [-0.39, 0.29) is 17.9 Å². The van der Waals surface area contributed by atoms with Crippen LogP contribution >= 0.6 is 0 Å². The number of carbonyl (C=O) groups excluding carboxylic acids is 1. The molecule has 1 aromatic heterocycles. The van der Waals surface area contributed by atoms with Crippen molar-refractivity contribution in [2.75, 3.05) is 25.1 Å². The Morgan fingerprint density at radius 3 is 3.15 bits per heavy atom. The molecule has 2 aliphatic heterocycles. The van der Waals surface area contributed by atoms with Crippen molar-refractivity contribution in [3.8, 4) is 0 Å². The van der Waals surface area contributed by atoms with E-state index >= 15 is 0 Å². The first-order valence-electron chi connectivity index (χ1n) is 7.07. The third kappa shape index (κ3) is 2.35. The number of methoxy groups -OCH3 is 1. The fraction of sp³-hybridized carbons (Fsp3) is 0.643. The van der Waals surface area contributed by atoms with Gasteiger partial charge in [0.2, 0.25) is 5.91 Å². The second-order valence-corrected chi connectivity index (χ2v) is 5.47. The number of nitrogens with one attached hydrogen (secondary N) is 1. The van der Waals surface area contributed by atoms with E-state index in [9.17, 15) is 4.79 Å². The molecule has 2 fully saturated rings. The van der Waals surface area contributed by atoms with Crippen molar-refractivity contribution in [1.82, 2.24) is 15.3 Å². The van der Waals surface area contributed by atoms with Gasteiger partial charge in [0.1, 0.15) is 12.4 Å². The first kappa shape index (κ1) is 13.3. The number of hydrogen-bond donors (Lipinski definition) is 1. The number of hydrogen-bond acceptors (Lipinski definition) is 5. The summed E-state index contributed by atoms with van der Waals surface area (Å²) in [6.07, 6.45) is 2.00. The van der Waals surface area contributed by atoms with E-state index in [0.29, 0.717) is 19.0 Å². The maximum atomic E-state index is 11.8. The van der Waals surface area contributed by atoms with Crippen molar-refractivity contribution < 1.29 is 9.53 Å². The summed E-state index contributed by atoms with van der Waals surface area (Å²) in [5, 5.41) is 2.97. The van der Waals surface area contributed by atoms with Gasteiger partial charge < -0.3 is 15.0 Å². The standard InChI is InChI=1S/C14H20N4O2/c1-9-6-13(17-12(16-9)8-20-2)18-5-3-4-10-11(18)7-15-14(10)19/h6,10-11H,3-5,7-8H2,1-2H3,(H,15,19)/t10-,11-/m1/s1. The number of rotatable bonds is 3. The summed E-state index contributed by atoms with van der Waals surface area (Å²) in [5.74, 6) is 1.89. The van der Waals surface area contributed by atoms with Gasteiger partial charge in [0.15, 0.2) is 5.82 Å². The highest BCUT2D eigenvalue weighted by Gasteiger charge is 2.41. The molecule has 0 unspecified atom stereocenters. The molecule has 0 aliphatic carbocycles. The van der Waals surface area contributed by atoms with Gasteiger partial charge in [0.05, 0.1) is 12.0 Å². The molecule has 0 aromatic carbocycles. The Morgan fingerprint density at radius 2 is 2.35 bits per heavy atom. The monoisotopic (exact) mass is 276 g/mol. The highest BCUT2D eigenvalue weighted by Crippen LogP contribution is 2.30. The Hall–Kier alpha value is -1.69. The van der Waals surface area contributed by atoms with Crippen molar-refractivity contribution in [2.24, 2.45) is 5.92 Å². The number of anilines is 1. The van der Waals surface area contributed by atoms with Gasteiger partial charge in [0, 0.05) is 32.0 Å². The second kappa shape index (κ2) is 5.36. The van der Waals surface area contributed by atoms with Crippen LogP contribution in [0.5, 0.6) is 0 Å². The van der Waals surface area contributed by atoms with Gasteiger partial charge in [-0.05, 0) is 19.8 Å². The predicted octanol–water partition coefficient (Wildman–Crippen LogP) is 0.646. The number of amides is 1. The highest BCUT2D eigenvalue weighted by atomic mass is 16.5. The van der Waals surface area contributed by atoms with E-state index in [1.165, 1.54) is 0 Å². The zero-order valence-electron chi connectivity index (χ0n) is 11.9.